The van der Waals surface area contributed by atoms with E-state index >= 15 is 0 Å². The van der Waals surface area contributed by atoms with E-state index in [0.717, 1.165) is 5.56 Å². The summed E-state index contributed by atoms with van der Waals surface area (Å²) in [6, 6.07) is 14.0. The normalized spacial score (nSPS) is 10.4. The van der Waals surface area contributed by atoms with Gasteiger partial charge in [0.05, 0.1) is 17.7 Å². The largest absolute Gasteiger partial charge is 0.478 e. The van der Waals surface area contributed by atoms with E-state index in [4.69, 9.17) is 9.84 Å². The average molecular weight is 314 g/mol. The van der Waals surface area contributed by atoms with Gasteiger partial charge >= 0.3 is 11.9 Å². The van der Waals surface area contributed by atoms with Gasteiger partial charge < -0.3 is 14.9 Å². The fourth-order valence-corrected chi connectivity index (χ4v) is 2.26. The molecule has 120 valence electrons. The zero-order chi connectivity index (χ0) is 16.7. The van der Waals surface area contributed by atoms with Crippen molar-refractivity contribution >= 4 is 11.9 Å². The van der Waals surface area contributed by atoms with Crippen LogP contribution in [0.25, 0.3) is 0 Å². The lowest BCUT2D eigenvalue weighted by molar-refractivity contribution is 0.0694. The van der Waals surface area contributed by atoms with Crippen LogP contribution in [0.3, 0.4) is 0 Å². The van der Waals surface area contributed by atoms with Crippen LogP contribution in [0.1, 0.15) is 38.3 Å². The Bertz CT molecular complexity index is 679. The lowest BCUT2D eigenvalue weighted by Gasteiger charge is -2.08. The van der Waals surface area contributed by atoms with Crippen LogP contribution in [0.5, 0.6) is 0 Å². The maximum absolute atomic E-state index is 11.2. The van der Waals surface area contributed by atoms with Gasteiger partial charge in [0.15, 0.2) is 0 Å². The monoisotopic (exact) mass is 314 g/mol. The number of aryl methyl sites for hydroxylation is 1. The first-order valence-electron chi connectivity index (χ1n) is 7.29. The average Bonchev–Trinajstić information content (AvgIpc) is 2.55. The topological polar surface area (TPSA) is 83.8 Å². The van der Waals surface area contributed by atoms with Crippen molar-refractivity contribution in [2.24, 2.45) is 0 Å². The second kappa shape index (κ2) is 8.10. The van der Waals surface area contributed by atoms with E-state index in [-0.39, 0.29) is 11.1 Å². The van der Waals surface area contributed by atoms with Gasteiger partial charge in [0.25, 0.3) is 0 Å². The van der Waals surface area contributed by atoms with Gasteiger partial charge in [0.1, 0.15) is 0 Å². The molecular weight excluding hydrogens is 296 g/mol. The SMILES string of the molecule is O=C(O)c1ccc(CCCOCc2ccccc2)c(C(=O)O)c1. The summed E-state index contributed by atoms with van der Waals surface area (Å²) < 4.78 is 5.56. The number of aromatic carboxylic acids is 2. The number of carboxylic acids is 2. The Morgan fingerprint density at radius 2 is 1.70 bits per heavy atom. The molecule has 2 rings (SSSR count). The van der Waals surface area contributed by atoms with Crippen LogP contribution >= 0.6 is 0 Å². The Morgan fingerprint density at radius 1 is 0.957 bits per heavy atom. The van der Waals surface area contributed by atoms with Crippen LogP contribution in [0.15, 0.2) is 48.5 Å². The van der Waals surface area contributed by atoms with Gasteiger partial charge in [-0.1, -0.05) is 36.4 Å². The molecule has 0 amide bonds. The van der Waals surface area contributed by atoms with Crippen molar-refractivity contribution in [1.29, 1.82) is 0 Å². The van der Waals surface area contributed by atoms with Gasteiger partial charge in [0, 0.05) is 6.61 Å². The van der Waals surface area contributed by atoms with E-state index in [9.17, 15) is 14.7 Å². The molecule has 2 aromatic rings. The number of carbonyl (C=O) groups is 2. The summed E-state index contributed by atoms with van der Waals surface area (Å²) in [5, 5.41) is 18.1. The van der Waals surface area contributed by atoms with E-state index in [0.29, 0.717) is 31.6 Å². The van der Waals surface area contributed by atoms with E-state index in [1.165, 1.54) is 12.1 Å². The Morgan fingerprint density at radius 3 is 2.35 bits per heavy atom. The number of rotatable bonds is 8. The third-order valence-corrected chi connectivity index (χ3v) is 3.43. The van der Waals surface area contributed by atoms with E-state index in [1.54, 1.807) is 6.07 Å². The molecule has 2 aromatic carbocycles. The lowest BCUT2D eigenvalue weighted by Crippen LogP contribution is -2.07. The summed E-state index contributed by atoms with van der Waals surface area (Å²) in [4.78, 5) is 22.2. The second-order valence-corrected chi connectivity index (χ2v) is 5.12. The standard InChI is InChI=1S/C18H18O5/c19-17(20)15-9-8-14(16(11-15)18(21)22)7-4-10-23-12-13-5-2-1-3-6-13/h1-3,5-6,8-9,11H,4,7,10,12H2,(H,19,20)(H,21,22). The molecule has 0 aliphatic heterocycles. The third kappa shape index (κ3) is 4.93. The van der Waals surface area contributed by atoms with Gasteiger partial charge in [-0.05, 0) is 36.1 Å². The molecule has 0 radical (unpaired) electrons. The molecule has 0 bridgehead atoms. The Hall–Kier alpha value is -2.66. The molecule has 0 fully saturated rings. The van der Waals surface area contributed by atoms with Gasteiger partial charge in [-0.3, -0.25) is 0 Å². The first-order chi connectivity index (χ1) is 11.1. The molecule has 0 saturated heterocycles. The van der Waals surface area contributed by atoms with Crippen LogP contribution in [0, 0.1) is 0 Å². The van der Waals surface area contributed by atoms with E-state index in [2.05, 4.69) is 0 Å². The van der Waals surface area contributed by atoms with Crippen LogP contribution in [0.2, 0.25) is 0 Å². The summed E-state index contributed by atoms with van der Waals surface area (Å²) in [6.07, 6.45) is 1.19. The third-order valence-electron chi connectivity index (χ3n) is 3.43. The highest BCUT2D eigenvalue weighted by Gasteiger charge is 2.13. The van der Waals surface area contributed by atoms with Crippen LogP contribution < -0.4 is 0 Å². The smallest absolute Gasteiger partial charge is 0.335 e. The predicted molar refractivity (Wildman–Crippen MR) is 84.8 cm³/mol. The molecule has 0 heterocycles. The minimum absolute atomic E-state index is 0.0218. The first-order valence-corrected chi connectivity index (χ1v) is 7.29. The van der Waals surface area contributed by atoms with Gasteiger partial charge in [-0.2, -0.15) is 0 Å². The van der Waals surface area contributed by atoms with Crippen molar-refractivity contribution < 1.29 is 24.5 Å². The fourth-order valence-electron chi connectivity index (χ4n) is 2.26. The number of benzene rings is 2. The van der Waals surface area contributed by atoms with Crippen LogP contribution in [0.4, 0.5) is 0 Å². The Labute approximate surface area is 134 Å². The quantitative estimate of drug-likeness (QED) is 0.731. The molecule has 2 N–H and O–H groups in total. The molecule has 5 nitrogen and oxygen atoms in total. The van der Waals surface area contributed by atoms with Crippen molar-refractivity contribution in [2.75, 3.05) is 6.61 Å². The van der Waals surface area contributed by atoms with Crippen molar-refractivity contribution in [3.8, 4) is 0 Å². The number of hydrogen-bond acceptors (Lipinski definition) is 3. The van der Waals surface area contributed by atoms with Crippen molar-refractivity contribution in [1.82, 2.24) is 0 Å². The molecule has 0 spiro atoms. The maximum Gasteiger partial charge on any atom is 0.335 e. The lowest BCUT2D eigenvalue weighted by atomic mass is 10.0. The van der Waals surface area contributed by atoms with Crippen molar-refractivity contribution in [3.05, 3.63) is 70.8 Å². The van der Waals surface area contributed by atoms with Crippen LogP contribution in [-0.2, 0) is 17.8 Å². The van der Waals surface area contributed by atoms with Crippen molar-refractivity contribution in [3.63, 3.8) is 0 Å². The number of carboxylic acid groups (broad SMARTS) is 2. The highest BCUT2D eigenvalue weighted by atomic mass is 16.5. The second-order valence-electron chi connectivity index (χ2n) is 5.12. The highest BCUT2D eigenvalue weighted by Crippen LogP contribution is 2.15. The summed E-state index contributed by atoms with van der Waals surface area (Å²) in [7, 11) is 0. The summed E-state index contributed by atoms with van der Waals surface area (Å²) in [5.74, 6) is -2.25. The summed E-state index contributed by atoms with van der Waals surface area (Å²) in [5.41, 5.74) is 1.72. The highest BCUT2D eigenvalue weighted by molar-refractivity contribution is 5.94. The van der Waals surface area contributed by atoms with Gasteiger partial charge in [0.2, 0.25) is 0 Å². The molecule has 0 saturated carbocycles. The summed E-state index contributed by atoms with van der Waals surface area (Å²) in [6.45, 7) is 1.03. The predicted octanol–water partition coefficient (Wildman–Crippen LogP) is 3.23. The molecule has 0 atom stereocenters. The molecular formula is C18H18O5. The number of hydrogen-bond donors (Lipinski definition) is 2. The van der Waals surface area contributed by atoms with E-state index < -0.39 is 11.9 Å². The maximum atomic E-state index is 11.2. The first kappa shape index (κ1) is 16.7. The zero-order valence-electron chi connectivity index (χ0n) is 12.6. The molecule has 5 heteroatoms. The minimum atomic E-state index is -1.13. The van der Waals surface area contributed by atoms with Crippen LogP contribution in [-0.4, -0.2) is 28.8 Å². The number of ether oxygens (including phenoxy) is 1. The van der Waals surface area contributed by atoms with E-state index in [1.807, 2.05) is 30.3 Å². The molecule has 0 aliphatic rings. The molecule has 0 aromatic heterocycles. The van der Waals surface area contributed by atoms with Crippen molar-refractivity contribution in [2.45, 2.75) is 19.4 Å². The zero-order valence-corrected chi connectivity index (χ0v) is 12.6. The summed E-state index contributed by atoms with van der Waals surface area (Å²) >= 11 is 0. The molecule has 23 heavy (non-hydrogen) atoms. The van der Waals surface area contributed by atoms with Gasteiger partial charge in [-0.15, -0.1) is 0 Å². The van der Waals surface area contributed by atoms with Gasteiger partial charge in [-0.25, -0.2) is 9.59 Å². The molecule has 0 aliphatic carbocycles. The Kier molecular flexibility index (Phi) is 5.88. The fraction of sp³-hybridized carbons (Fsp3) is 0.222. The Balaban J connectivity index is 1.87. The minimum Gasteiger partial charge on any atom is -0.478 e. The molecule has 0 unspecified atom stereocenters.